The zero-order valence-corrected chi connectivity index (χ0v) is 14.4. The van der Waals surface area contributed by atoms with Gasteiger partial charge in [-0.15, -0.1) is 11.3 Å². The molecule has 0 saturated heterocycles. The molecule has 2 nitrogen and oxygen atoms in total. The summed E-state index contributed by atoms with van der Waals surface area (Å²) in [5.41, 5.74) is 4.69. The quantitative estimate of drug-likeness (QED) is 0.463. The van der Waals surface area contributed by atoms with Crippen LogP contribution in [0.3, 0.4) is 0 Å². The molecule has 0 radical (unpaired) electrons. The van der Waals surface area contributed by atoms with Crippen LogP contribution in [0.5, 0.6) is 5.75 Å². The number of fused-ring (bicyclic) bond motifs is 1. The highest BCUT2D eigenvalue weighted by Gasteiger charge is 2.13. The Bertz CT molecular complexity index is 972. The van der Waals surface area contributed by atoms with E-state index in [-0.39, 0.29) is 0 Å². The van der Waals surface area contributed by atoms with E-state index in [0.717, 1.165) is 16.9 Å². The van der Waals surface area contributed by atoms with Crippen LogP contribution in [-0.2, 0) is 0 Å². The van der Waals surface area contributed by atoms with E-state index >= 15 is 0 Å². The van der Waals surface area contributed by atoms with Gasteiger partial charge in [-0.05, 0) is 65.4 Å². The zero-order valence-electron chi connectivity index (χ0n) is 13.6. The van der Waals surface area contributed by atoms with Crippen LogP contribution in [0.25, 0.3) is 31.7 Å². The lowest BCUT2D eigenvalue weighted by Gasteiger charge is -2.13. The van der Waals surface area contributed by atoms with E-state index in [1.165, 1.54) is 26.1 Å². The average molecular weight is 331 g/mol. The van der Waals surface area contributed by atoms with Crippen molar-refractivity contribution in [3.63, 3.8) is 0 Å². The molecule has 2 aromatic carbocycles. The molecule has 0 atom stereocenters. The first-order valence-corrected chi connectivity index (χ1v) is 8.66. The zero-order chi connectivity index (χ0) is 16.5. The molecule has 0 unspecified atom stereocenters. The molecule has 0 amide bonds. The van der Waals surface area contributed by atoms with Crippen LogP contribution in [0, 0.1) is 6.92 Å². The minimum absolute atomic E-state index is 0.888. The van der Waals surface area contributed by atoms with Gasteiger partial charge in [0.05, 0.1) is 7.11 Å². The largest absolute Gasteiger partial charge is 0.496 e. The Kier molecular flexibility index (Phi) is 3.79. The minimum atomic E-state index is 0.888. The average Bonchev–Trinajstić information content (AvgIpc) is 3.06. The molecule has 2 aromatic heterocycles. The number of benzene rings is 2. The molecule has 118 valence electrons. The number of thiophene rings is 1. The van der Waals surface area contributed by atoms with E-state index < -0.39 is 0 Å². The summed E-state index contributed by atoms with van der Waals surface area (Å²) in [6.07, 6.45) is 3.62. The molecule has 3 heteroatoms. The number of rotatable bonds is 3. The van der Waals surface area contributed by atoms with Gasteiger partial charge in [0.2, 0.25) is 0 Å². The van der Waals surface area contributed by atoms with Crippen molar-refractivity contribution in [2.75, 3.05) is 7.11 Å². The molecule has 2 heterocycles. The number of ether oxygens (including phenoxy) is 1. The fourth-order valence-electron chi connectivity index (χ4n) is 2.99. The summed E-state index contributed by atoms with van der Waals surface area (Å²) < 4.78 is 6.98. The number of methoxy groups -OCH3 is 1. The van der Waals surface area contributed by atoms with Crippen LogP contribution in [-0.4, -0.2) is 12.1 Å². The molecule has 4 rings (SSSR count). The summed E-state index contributed by atoms with van der Waals surface area (Å²) >= 11 is 1.82. The third-order valence-corrected chi connectivity index (χ3v) is 5.38. The first-order valence-electron chi connectivity index (χ1n) is 7.84. The minimum Gasteiger partial charge on any atom is -0.496 e. The number of hydrogen-bond donors (Lipinski definition) is 0. The topological polar surface area (TPSA) is 22.1 Å². The summed E-state index contributed by atoms with van der Waals surface area (Å²) in [6.45, 7) is 2.16. The van der Waals surface area contributed by atoms with Gasteiger partial charge in [0.1, 0.15) is 5.75 Å². The van der Waals surface area contributed by atoms with E-state index in [2.05, 4.69) is 54.4 Å². The van der Waals surface area contributed by atoms with Crippen molar-refractivity contribution in [1.82, 2.24) is 4.98 Å². The Balaban J connectivity index is 1.88. The fourth-order valence-corrected chi connectivity index (χ4v) is 4.14. The number of pyridine rings is 1. The van der Waals surface area contributed by atoms with Gasteiger partial charge >= 0.3 is 0 Å². The molecular weight excluding hydrogens is 314 g/mol. The van der Waals surface area contributed by atoms with Gasteiger partial charge in [-0.25, -0.2) is 0 Å². The second-order valence-electron chi connectivity index (χ2n) is 5.75. The maximum absolute atomic E-state index is 5.68. The monoisotopic (exact) mass is 331 g/mol. The summed E-state index contributed by atoms with van der Waals surface area (Å²) in [7, 11) is 1.73. The van der Waals surface area contributed by atoms with Gasteiger partial charge in [-0.2, -0.15) is 0 Å². The first-order chi connectivity index (χ1) is 11.8. The van der Waals surface area contributed by atoms with E-state index in [1.807, 2.05) is 35.9 Å². The third-order valence-electron chi connectivity index (χ3n) is 4.23. The molecule has 0 N–H and O–H groups in total. The Morgan fingerprint density at radius 2 is 1.71 bits per heavy atom. The summed E-state index contributed by atoms with van der Waals surface area (Å²) in [6, 6.07) is 19.1. The number of nitrogens with zero attached hydrogens (tertiary/aromatic N) is 1. The number of aromatic nitrogens is 1. The fraction of sp³-hybridized carbons (Fsp3) is 0.0952. The standard InChI is InChI=1S/C21H17NOS/c1-14-11-18(15-7-9-22-10-8-15)19(23-2)13-17(14)21-12-16-5-3-4-6-20(16)24-21/h3-13H,1-2H3. The Morgan fingerprint density at radius 3 is 2.46 bits per heavy atom. The van der Waals surface area contributed by atoms with Crippen molar-refractivity contribution in [3.05, 3.63) is 72.6 Å². The van der Waals surface area contributed by atoms with Crippen LogP contribution in [0.15, 0.2) is 67.0 Å². The molecule has 0 aliphatic rings. The van der Waals surface area contributed by atoms with Crippen molar-refractivity contribution >= 4 is 21.4 Å². The molecule has 4 aromatic rings. The van der Waals surface area contributed by atoms with Gasteiger partial charge in [-0.3, -0.25) is 4.98 Å². The number of aryl methyl sites for hydroxylation is 1. The second-order valence-corrected chi connectivity index (χ2v) is 6.84. The summed E-state index contributed by atoms with van der Waals surface area (Å²) in [4.78, 5) is 5.37. The van der Waals surface area contributed by atoms with Crippen molar-refractivity contribution in [2.24, 2.45) is 0 Å². The Morgan fingerprint density at radius 1 is 0.917 bits per heavy atom. The van der Waals surface area contributed by atoms with Crippen LogP contribution >= 0.6 is 11.3 Å². The van der Waals surface area contributed by atoms with Crippen LogP contribution in [0.1, 0.15) is 5.56 Å². The molecule has 0 aliphatic heterocycles. The summed E-state index contributed by atoms with van der Waals surface area (Å²) in [5.74, 6) is 0.888. The van der Waals surface area contributed by atoms with E-state index in [4.69, 9.17) is 4.74 Å². The molecule has 0 bridgehead atoms. The van der Waals surface area contributed by atoms with Gasteiger partial charge < -0.3 is 4.74 Å². The second kappa shape index (κ2) is 6.10. The molecule has 0 spiro atoms. The molecular formula is C21H17NOS. The maximum Gasteiger partial charge on any atom is 0.127 e. The van der Waals surface area contributed by atoms with Crippen molar-refractivity contribution in [2.45, 2.75) is 6.92 Å². The molecule has 0 saturated carbocycles. The highest BCUT2D eigenvalue weighted by molar-refractivity contribution is 7.22. The lowest BCUT2D eigenvalue weighted by molar-refractivity contribution is 0.416. The highest BCUT2D eigenvalue weighted by atomic mass is 32.1. The normalized spacial score (nSPS) is 10.9. The van der Waals surface area contributed by atoms with E-state index in [1.54, 1.807) is 7.11 Å². The SMILES string of the molecule is COc1cc(-c2cc3ccccc3s2)c(C)cc1-c1ccncc1. The van der Waals surface area contributed by atoms with E-state index in [9.17, 15) is 0 Å². The Labute approximate surface area is 145 Å². The van der Waals surface area contributed by atoms with Crippen LogP contribution < -0.4 is 4.74 Å². The molecule has 0 fully saturated rings. The van der Waals surface area contributed by atoms with Crippen molar-refractivity contribution in [1.29, 1.82) is 0 Å². The van der Waals surface area contributed by atoms with Gasteiger partial charge in [0, 0.05) is 27.5 Å². The lowest BCUT2D eigenvalue weighted by Crippen LogP contribution is -1.91. The van der Waals surface area contributed by atoms with Crippen LogP contribution in [0.4, 0.5) is 0 Å². The van der Waals surface area contributed by atoms with Crippen molar-refractivity contribution < 1.29 is 4.74 Å². The summed E-state index contributed by atoms with van der Waals surface area (Å²) in [5, 5.41) is 1.29. The van der Waals surface area contributed by atoms with Gasteiger partial charge in [0.15, 0.2) is 0 Å². The third kappa shape index (κ3) is 2.57. The first kappa shape index (κ1) is 14.9. The molecule has 0 aliphatic carbocycles. The number of hydrogen-bond acceptors (Lipinski definition) is 3. The van der Waals surface area contributed by atoms with Crippen molar-refractivity contribution in [3.8, 4) is 27.3 Å². The predicted octanol–water partition coefficient (Wildman–Crippen LogP) is 5.95. The van der Waals surface area contributed by atoms with Crippen LogP contribution in [0.2, 0.25) is 0 Å². The van der Waals surface area contributed by atoms with Gasteiger partial charge in [0.25, 0.3) is 0 Å². The lowest BCUT2D eigenvalue weighted by atomic mass is 9.98. The van der Waals surface area contributed by atoms with Gasteiger partial charge in [-0.1, -0.05) is 18.2 Å². The highest BCUT2D eigenvalue weighted by Crippen LogP contribution is 2.40. The molecule has 24 heavy (non-hydrogen) atoms. The van der Waals surface area contributed by atoms with E-state index in [0.29, 0.717) is 0 Å². The maximum atomic E-state index is 5.68. The smallest absolute Gasteiger partial charge is 0.127 e. The predicted molar refractivity (Wildman–Crippen MR) is 102 cm³/mol. The Hall–Kier alpha value is -2.65.